The summed E-state index contributed by atoms with van der Waals surface area (Å²) >= 11 is 0. The molecule has 1 N–H and O–H groups in total. The van der Waals surface area contributed by atoms with Crippen LogP contribution in [0.2, 0.25) is 0 Å². The van der Waals surface area contributed by atoms with Gasteiger partial charge < -0.3 is 10.2 Å². The molecular formula is C15H24N2O2. The van der Waals surface area contributed by atoms with Gasteiger partial charge in [0.25, 0.3) is 0 Å². The van der Waals surface area contributed by atoms with E-state index in [1.807, 2.05) is 18.7 Å². The highest BCUT2D eigenvalue weighted by atomic mass is 16.2. The number of piperazine rings is 1. The molecule has 4 nitrogen and oxygen atoms in total. The van der Waals surface area contributed by atoms with Gasteiger partial charge in [0, 0.05) is 6.54 Å². The molecule has 19 heavy (non-hydrogen) atoms. The molecule has 2 aliphatic carbocycles. The molecule has 1 aliphatic heterocycles. The standard InChI is InChI=1S/C15H24N2O2/c1-3-15(2)14(19)16-12(11-7-8-11)13(18)17(15)9-10-5-4-6-10/h10-12H,3-9H2,1-2H3,(H,16,19). The molecule has 106 valence electrons. The second-order valence-corrected chi connectivity index (χ2v) is 6.66. The quantitative estimate of drug-likeness (QED) is 0.840. The molecule has 0 bridgehead atoms. The van der Waals surface area contributed by atoms with E-state index in [-0.39, 0.29) is 17.9 Å². The fourth-order valence-electron chi connectivity index (χ4n) is 3.22. The summed E-state index contributed by atoms with van der Waals surface area (Å²) in [5, 5.41) is 2.98. The van der Waals surface area contributed by atoms with Crippen molar-refractivity contribution in [2.45, 2.75) is 64.0 Å². The molecule has 1 heterocycles. The number of amides is 2. The Morgan fingerprint density at radius 1 is 1.26 bits per heavy atom. The van der Waals surface area contributed by atoms with Crippen molar-refractivity contribution < 1.29 is 9.59 Å². The lowest BCUT2D eigenvalue weighted by molar-refractivity contribution is -0.158. The molecule has 0 aromatic rings. The minimum Gasteiger partial charge on any atom is -0.342 e. The van der Waals surface area contributed by atoms with E-state index >= 15 is 0 Å². The molecule has 0 aromatic carbocycles. The van der Waals surface area contributed by atoms with Crippen molar-refractivity contribution in [2.24, 2.45) is 11.8 Å². The Kier molecular flexibility index (Phi) is 3.06. The predicted octanol–water partition coefficient (Wildman–Crippen LogP) is 1.69. The Labute approximate surface area is 114 Å². The Balaban J connectivity index is 1.82. The molecule has 3 rings (SSSR count). The number of nitrogens with one attached hydrogen (secondary N) is 1. The summed E-state index contributed by atoms with van der Waals surface area (Å²) in [7, 11) is 0. The van der Waals surface area contributed by atoms with E-state index in [0.717, 1.165) is 19.4 Å². The van der Waals surface area contributed by atoms with Gasteiger partial charge in [-0.15, -0.1) is 0 Å². The topological polar surface area (TPSA) is 49.4 Å². The number of nitrogens with zero attached hydrogens (tertiary/aromatic N) is 1. The molecule has 2 unspecified atom stereocenters. The summed E-state index contributed by atoms with van der Waals surface area (Å²) in [5.41, 5.74) is -0.641. The lowest BCUT2D eigenvalue weighted by Gasteiger charge is -2.48. The molecular weight excluding hydrogens is 240 g/mol. The smallest absolute Gasteiger partial charge is 0.246 e. The van der Waals surface area contributed by atoms with Gasteiger partial charge in [0.15, 0.2) is 0 Å². The number of hydrogen-bond acceptors (Lipinski definition) is 2. The monoisotopic (exact) mass is 264 g/mol. The zero-order chi connectivity index (χ0) is 13.6. The minimum atomic E-state index is -0.641. The molecule has 2 amide bonds. The van der Waals surface area contributed by atoms with Gasteiger partial charge in [-0.3, -0.25) is 9.59 Å². The Bertz CT molecular complexity index is 401. The predicted molar refractivity (Wildman–Crippen MR) is 72.4 cm³/mol. The molecule has 0 spiro atoms. The third-order valence-electron chi connectivity index (χ3n) is 5.35. The molecule has 1 saturated heterocycles. The van der Waals surface area contributed by atoms with Crippen molar-refractivity contribution in [2.75, 3.05) is 6.54 Å². The van der Waals surface area contributed by atoms with E-state index in [4.69, 9.17) is 0 Å². The highest BCUT2D eigenvalue weighted by molar-refractivity contribution is 5.99. The molecule has 0 radical (unpaired) electrons. The first-order valence-corrected chi connectivity index (χ1v) is 7.68. The molecule has 2 saturated carbocycles. The third kappa shape index (κ3) is 2.05. The minimum absolute atomic E-state index is 0.0471. The first-order chi connectivity index (χ1) is 9.06. The van der Waals surface area contributed by atoms with Crippen LogP contribution in [-0.4, -0.2) is 34.8 Å². The van der Waals surface area contributed by atoms with Gasteiger partial charge >= 0.3 is 0 Å². The summed E-state index contributed by atoms with van der Waals surface area (Å²) in [6.07, 6.45) is 6.54. The first-order valence-electron chi connectivity index (χ1n) is 7.68. The van der Waals surface area contributed by atoms with Crippen molar-refractivity contribution in [1.82, 2.24) is 10.2 Å². The van der Waals surface area contributed by atoms with Crippen molar-refractivity contribution in [3.8, 4) is 0 Å². The molecule has 2 atom stereocenters. The van der Waals surface area contributed by atoms with Gasteiger partial charge in [-0.1, -0.05) is 13.3 Å². The average Bonchev–Trinajstić information content (AvgIpc) is 3.15. The number of rotatable bonds is 4. The van der Waals surface area contributed by atoms with Crippen LogP contribution in [0.4, 0.5) is 0 Å². The maximum absolute atomic E-state index is 12.7. The molecule has 4 heteroatoms. The van der Waals surface area contributed by atoms with Crippen LogP contribution in [0.1, 0.15) is 52.4 Å². The zero-order valence-corrected chi connectivity index (χ0v) is 11.9. The highest BCUT2D eigenvalue weighted by Gasteiger charge is 2.52. The van der Waals surface area contributed by atoms with Crippen LogP contribution in [0, 0.1) is 11.8 Å². The fraction of sp³-hybridized carbons (Fsp3) is 0.867. The van der Waals surface area contributed by atoms with Gasteiger partial charge in [-0.05, 0) is 50.9 Å². The highest BCUT2D eigenvalue weighted by Crippen LogP contribution is 2.39. The van der Waals surface area contributed by atoms with E-state index in [1.54, 1.807) is 0 Å². The van der Waals surface area contributed by atoms with Gasteiger partial charge in [0.2, 0.25) is 11.8 Å². The summed E-state index contributed by atoms with van der Waals surface area (Å²) in [5.74, 6) is 1.21. The molecule has 3 aliphatic rings. The van der Waals surface area contributed by atoms with Gasteiger partial charge in [0.05, 0.1) is 0 Å². The SMILES string of the molecule is CCC1(C)C(=O)NC(C2CC2)C(=O)N1CC1CCC1. The summed E-state index contributed by atoms with van der Waals surface area (Å²) in [6, 6.07) is -0.243. The van der Waals surface area contributed by atoms with Crippen LogP contribution in [0.3, 0.4) is 0 Å². The second kappa shape index (κ2) is 4.50. The Hall–Kier alpha value is -1.06. The lowest BCUT2D eigenvalue weighted by Crippen LogP contribution is -2.70. The van der Waals surface area contributed by atoms with Crippen LogP contribution >= 0.6 is 0 Å². The van der Waals surface area contributed by atoms with Crippen molar-refractivity contribution in [3.63, 3.8) is 0 Å². The lowest BCUT2D eigenvalue weighted by atomic mass is 9.82. The molecule has 3 fully saturated rings. The summed E-state index contributed by atoms with van der Waals surface area (Å²) in [6.45, 7) is 4.69. The largest absolute Gasteiger partial charge is 0.342 e. The van der Waals surface area contributed by atoms with Crippen LogP contribution in [0.25, 0.3) is 0 Å². The van der Waals surface area contributed by atoms with Crippen molar-refractivity contribution in [3.05, 3.63) is 0 Å². The van der Waals surface area contributed by atoms with Gasteiger partial charge in [0.1, 0.15) is 11.6 Å². The Morgan fingerprint density at radius 2 is 1.95 bits per heavy atom. The summed E-state index contributed by atoms with van der Waals surface area (Å²) < 4.78 is 0. The van der Waals surface area contributed by atoms with E-state index in [9.17, 15) is 9.59 Å². The van der Waals surface area contributed by atoms with Crippen LogP contribution < -0.4 is 5.32 Å². The Morgan fingerprint density at radius 3 is 2.42 bits per heavy atom. The normalized spacial score (nSPS) is 36.1. The van der Waals surface area contributed by atoms with Crippen LogP contribution in [0.15, 0.2) is 0 Å². The average molecular weight is 264 g/mol. The fourth-order valence-corrected chi connectivity index (χ4v) is 3.22. The van der Waals surface area contributed by atoms with Crippen molar-refractivity contribution >= 4 is 11.8 Å². The maximum Gasteiger partial charge on any atom is 0.246 e. The van der Waals surface area contributed by atoms with E-state index in [0.29, 0.717) is 18.3 Å². The van der Waals surface area contributed by atoms with E-state index < -0.39 is 5.54 Å². The zero-order valence-electron chi connectivity index (χ0n) is 11.9. The van der Waals surface area contributed by atoms with Crippen LogP contribution in [-0.2, 0) is 9.59 Å². The van der Waals surface area contributed by atoms with E-state index in [2.05, 4.69) is 5.32 Å². The number of hydrogen-bond donors (Lipinski definition) is 1. The van der Waals surface area contributed by atoms with Gasteiger partial charge in [-0.25, -0.2) is 0 Å². The number of carbonyl (C=O) groups is 2. The first kappa shape index (κ1) is 12.9. The maximum atomic E-state index is 12.7. The molecule has 0 aromatic heterocycles. The van der Waals surface area contributed by atoms with Crippen molar-refractivity contribution in [1.29, 1.82) is 0 Å². The van der Waals surface area contributed by atoms with Crippen LogP contribution in [0.5, 0.6) is 0 Å². The van der Waals surface area contributed by atoms with E-state index in [1.165, 1.54) is 19.3 Å². The third-order valence-corrected chi connectivity index (χ3v) is 5.35. The van der Waals surface area contributed by atoms with Gasteiger partial charge in [-0.2, -0.15) is 0 Å². The summed E-state index contributed by atoms with van der Waals surface area (Å²) in [4.78, 5) is 27.0. The second-order valence-electron chi connectivity index (χ2n) is 6.66. The number of carbonyl (C=O) groups excluding carboxylic acids is 2.